The fourth-order valence-electron chi connectivity index (χ4n) is 8.84. The number of rotatable bonds is 12. The van der Waals surface area contributed by atoms with Crippen LogP contribution in [0.3, 0.4) is 0 Å². The number of carbonyl (C=O) groups excluding carboxylic acids is 3. The third kappa shape index (κ3) is 7.01. The summed E-state index contributed by atoms with van der Waals surface area (Å²) in [4.78, 5) is 53.3. The Balaban J connectivity index is 0.984. The van der Waals surface area contributed by atoms with Crippen molar-refractivity contribution in [3.63, 3.8) is 0 Å². The van der Waals surface area contributed by atoms with Gasteiger partial charge in [-0.3, -0.25) is 14.6 Å². The van der Waals surface area contributed by atoms with Gasteiger partial charge < -0.3 is 35.1 Å². The summed E-state index contributed by atoms with van der Waals surface area (Å²) in [6.07, 6.45) is 8.26. The minimum absolute atomic E-state index is 0.0447. The Morgan fingerprint density at radius 3 is 2.37 bits per heavy atom. The molecule has 0 radical (unpaired) electrons. The van der Waals surface area contributed by atoms with Gasteiger partial charge in [-0.05, 0) is 78.7 Å². The molecule has 1 aromatic heterocycles. The Morgan fingerprint density at radius 1 is 0.981 bits per heavy atom. The quantitative estimate of drug-likeness (QED) is 0.203. The van der Waals surface area contributed by atoms with Crippen LogP contribution in [0, 0.1) is 23.7 Å². The van der Waals surface area contributed by atoms with Crippen molar-refractivity contribution < 1.29 is 29.0 Å². The molecule has 1 saturated heterocycles. The first kappa shape index (κ1) is 35.6. The van der Waals surface area contributed by atoms with E-state index in [1.807, 2.05) is 6.20 Å². The molecule has 3 aromatic rings. The highest BCUT2D eigenvalue weighted by molar-refractivity contribution is 6.02. The Morgan fingerprint density at radius 2 is 1.67 bits per heavy atom. The van der Waals surface area contributed by atoms with Gasteiger partial charge in [0.15, 0.2) is 0 Å². The van der Waals surface area contributed by atoms with Crippen LogP contribution in [0.1, 0.15) is 62.9 Å². The molecule has 3 fully saturated rings. The SMILES string of the molecule is COC(=O)N[C@H](C(=O)N1CCC[C@H]1c1ncc(-c2ccc(-c3ccc(C4=CN=C(C5C6CCC(C6)[C@@H]5C(=O)NCCO)C4)cc3)cc2)[nH]1)[C@@H](C)OC. The molecular formula is C40H48N6O6. The summed E-state index contributed by atoms with van der Waals surface area (Å²) >= 11 is 0. The molecule has 2 aromatic carbocycles. The molecule has 3 unspecified atom stereocenters. The number of aliphatic hydroxyl groups excluding tert-OH is 1. The maximum Gasteiger partial charge on any atom is 0.407 e. The average molecular weight is 709 g/mol. The van der Waals surface area contributed by atoms with Crippen LogP contribution >= 0.6 is 0 Å². The number of likely N-dealkylation sites (tertiary alicyclic amines) is 1. The summed E-state index contributed by atoms with van der Waals surface area (Å²) in [5.41, 5.74) is 7.48. The van der Waals surface area contributed by atoms with E-state index < -0.39 is 18.2 Å². The van der Waals surface area contributed by atoms with Crippen LogP contribution in [0.25, 0.3) is 28.0 Å². The van der Waals surface area contributed by atoms with Crippen LogP contribution < -0.4 is 10.6 Å². The minimum Gasteiger partial charge on any atom is -0.453 e. The highest BCUT2D eigenvalue weighted by atomic mass is 16.5. The van der Waals surface area contributed by atoms with Crippen molar-refractivity contribution in [2.75, 3.05) is 33.9 Å². The van der Waals surface area contributed by atoms with Crippen LogP contribution in [0.4, 0.5) is 4.79 Å². The zero-order chi connectivity index (χ0) is 36.4. The van der Waals surface area contributed by atoms with Gasteiger partial charge in [-0.1, -0.05) is 48.5 Å². The van der Waals surface area contributed by atoms with Gasteiger partial charge >= 0.3 is 6.09 Å². The van der Waals surface area contributed by atoms with Crippen LogP contribution in [0.2, 0.25) is 0 Å². The number of amides is 3. The maximum absolute atomic E-state index is 13.6. The number of aromatic nitrogens is 2. The lowest BCUT2D eigenvalue weighted by Gasteiger charge is -2.30. The molecule has 4 aliphatic rings. The summed E-state index contributed by atoms with van der Waals surface area (Å²) in [6, 6.07) is 15.8. The van der Waals surface area contributed by atoms with Gasteiger partial charge in [0, 0.05) is 50.4 Å². The largest absolute Gasteiger partial charge is 0.453 e. The van der Waals surface area contributed by atoms with Crippen molar-refractivity contribution in [1.29, 1.82) is 0 Å². The molecule has 2 bridgehead atoms. The first-order valence-corrected chi connectivity index (χ1v) is 18.4. The summed E-state index contributed by atoms with van der Waals surface area (Å²) in [7, 11) is 2.77. The number of benzene rings is 2. The first-order chi connectivity index (χ1) is 25.3. The van der Waals surface area contributed by atoms with Gasteiger partial charge in [0.25, 0.3) is 0 Å². The number of H-pyrrole nitrogens is 1. The molecule has 2 aliphatic carbocycles. The second kappa shape index (κ2) is 15.4. The zero-order valence-electron chi connectivity index (χ0n) is 30.0. The molecule has 2 aliphatic heterocycles. The molecular weight excluding hydrogens is 660 g/mol. The van der Waals surface area contributed by atoms with E-state index in [0.717, 1.165) is 72.2 Å². The van der Waals surface area contributed by atoms with Crippen molar-refractivity contribution in [1.82, 2.24) is 25.5 Å². The number of fused-ring (bicyclic) bond motifs is 2. The van der Waals surface area contributed by atoms with E-state index in [-0.39, 0.29) is 36.3 Å². The van der Waals surface area contributed by atoms with E-state index >= 15 is 0 Å². The number of nitrogens with zero attached hydrogens (tertiary/aromatic N) is 3. The van der Waals surface area contributed by atoms with E-state index in [9.17, 15) is 19.5 Å². The number of carbonyl (C=O) groups is 3. The number of ether oxygens (including phenoxy) is 2. The number of hydrogen-bond donors (Lipinski definition) is 4. The zero-order valence-corrected chi connectivity index (χ0v) is 30.0. The Bertz CT molecular complexity index is 1840. The summed E-state index contributed by atoms with van der Waals surface area (Å²) in [6.45, 7) is 2.55. The lowest BCUT2D eigenvalue weighted by atomic mass is 9.75. The minimum atomic E-state index is -0.882. The van der Waals surface area contributed by atoms with Gasteiger partial charge in [-0.15, -0.1) is 0 Å². The topological polar surface area (TPSA) is 158 Å². The molecule has 4 N–H and O–H groups in total. The standard InChI is InChI=1S/C40H48N6O6/c1-23(51-2)36(45-40(50)52-3)39(49)46-17-4-5-33(46)37-43-22-32(44-37)27-12-10-25(11-13-27)24-6-8-26(9-7-24)30-20-31(42-21-30)34-28-14-15-29(19-28)35(34)38(48)41-16-18-47/h6-13,21-23,28-29,33-36,47H,4-5,14-20H2,1-3H3,(H,41,48)(H,43,44)(H,45,50)/t23-,28?,29?,33+,34?,35+,36+/m1/s1. The predicted molar refractivity (Wildman–Crippen MR) is 197 cm³/mol. The molecule has 12 heteroatoms. The van der Waals surface area contributed by atoms with Gasteiger partial charge in [-0.2, -0.15) is 0 Å². The molecule has 12 nitrogen and oxygen atoms in total. The monoisotopic (exact) mass is 708 g/mol. The first-order valence-electron chi connectivity index (χ1n) is 18.4. The van der Waals surface area contributed by atoms with Crippen LogP contribution in [0.5, 0.6) is 0 Å². The van der Waals surface area contributed by atoms with Crippen LogP contribution in [0.15, 0.2) is 65.9 Å². The van der Waals surface area contributed by atoms with Crippen molar-refractivity contribution in [3.05, 3.63) is 72.3 Å². The number of allylic oxidation sites excluding steroid dienone is 1. The number of aliphatic hydroxyl groups is 1. The van der Waals surface area contributed by atoms with Gasteiger partial charge in [-0.25, -0.2) is 9.78 Å². The lowest BCUT2D eigenvalue weighted by molar-refractivity contribution is -0.137. The van der Waals surface area contributed by atoms with Crippen molar-refractivity contribution in [2.45, 2.75) is 63.6 Å². The van der Waals surface area contributed by atoms with Crippen LogP contribution in [-0.2, 0) is 19.1 Å². The molecule has 3 heterocycles. The molecule has 2 saturated carbocycles. The number of aromatic amines is 1. The number of nitrogens with one attached hydrogen (secondary N) is 3. The molecule has 274 valence electrons. The van der Waals surface area contributed by atoms with E-state index in [0.29, 0.717) is 30.7 Å². The van der Waals surface area contributed by atoms with Crippen molar-refractivity contribution in [3.8, 4) is 22.4 Å². The van der Waals surface area contributed by atoms with E-state index in [1.54, 1.807) is 18.0 Å². The normalized spacial score (nSPS) is 24.7. The predicted octanol–water partition coefficient (Wildman–Crippen LogP) is 5.12. The smallest absolute Gasteiger partial charge is 0.407 e. The maximum atomic E-state index is 13.6. The third-order valence-electron chi connectivity index (χ3n) is 11.6. The highest BCUT2D eigenvalue weighted by Gasteiger charge is 2.52. The van der Waals surface area contributed by atoms with Crippen molar-refractivity contribution in [2.24, 2.45) is 28.7 Å². The van der Waals surface area contributed by atoms with E-state index in [1.165, 1.54) is 19.8 Å². The summed E-state index contributed by atoms with van der Waals surface area (Å²) in [5.74, 6) is 1.60. The van der Waals surface area contributed by atoms with Crippen LogP contribution in [-0.4, -0.2) is 89.7 Å². The third-order valence-corrected chi connectivity index (χ3v) is 11.6. The fourth-order valence-corrected chi connectivity index (χ4v) is 8.84. The highest BCUT2D eigenvalue weighted by Crippen LogP contribution is 2.54. The van der Waals surface area contributed by atoms with Gasteiger partial charge in [0.2, 0.25) is 11.8 Å². The Kier molecular flexibility index (Phi) is 10.6. The average Bonchev–Trinajstić information content (AvgIpc) is 4.03. The molecule has 0 spiro atoms. The molecule has 7 atom stereocenters. The number of alkyl carbamates (subject to hydrolysis) is 1. The second-order valence-corrected chi connectivity index (χ2v) is 14.4. The molecule has 7 rings (SSSR count). The summed E-state index contributed by atoms with van der Waals surface area (Å²) in [5, 5.41) is 14.8. The number of hydrogen-bond acceptors (Lipinski definition) is 8. The Hall–Kier alpha value is -4.81. The molecule has 52 heavy (non-hydrogen) atoms. The van der Waals surface area contributed by atoms with Gasteiger partial charge in [0.05, 0.1) is 37.8 Å². The lowest BCUT2D eigenvalue weighted by Crippen LogP contribution is -2.54. The van der Waals surface area contributed by atoms with E-state index in [2.05, 4.69) is 69.1 Å². The number of aliphatic imine (C=N–C) groups is 1. The Labute approximate surface area is 304 Å². The molecule has 3 amide bonds. The van der Waals surface area contributed by atoms with Crippen molar-refractivity contribution >= 4 is 29.2 Å². The van der Waals surface area contributed by atoms with Gasteiger partial charge in [0.1, 0.15) is 11.9 Å². The second-order valence-electron chi connectivity index (χ2n) is 14.4. The number of imidazole rings is 1. The van der Waals surface area contributed by atoms with E-state index in [4.69, 9.17) is 14.5 Å². The summed E-state index contributed by atoms with van der Waals surface area (Å²) < 4.78 is 10.1. The number of methoxy groups -OCH3 is 2. The fraction of sp³-hybridized carbons (Fsp3) is 0.475.